The number of ether oxygens (including phenoxy) is 2. The van der Waals surface area contributed by atoms with Crippen molar-refractivity contribution in [2.24, 2.45) is 0 Å². The molecule has 0 aliphatic heterocycles. The lowest BCUT2D eigenvalue weighted by atomic mass is 10.2. The van der Waals surface area contributed by atoms with Gasteiger partial charge >= 0.3 is 17.9 Å². The lowest BCUT2D eigenvalue weighted by molar-refractivity contribution is -0.385. The SMILES string of the molecule is CC(CCC(=O)OC(=N)CCC(=O)OC(=O)CCC(C)SSc1ccc([N+](=O)[O-])cn1)SSc1ccc([N+](=O)[O-])cn1. The third-order valence-electron chi connectivity index (χ3n) is 4.99. The summed E-state index contributed by atoms with van der Waals surface area (Å²) in [5.74, 6) is -2.56. The van der Waals surface area contributed by atoms with Gasteiger partial charge in [0.25, 0.3) is 11.4 Å². The van der Waals surface area contributed by atoms with Crippen LogP contribution in [0.5, 0.6) is 0 Å². The van der Waals surface area contributed by atoms with Crippen molar-refractivity contribution in [3.8, 4) is 0 Å². The highest BCUT2D eigenvalue weighted by Gasteiger charge is 2.17. The second kappa shape index (κ2) is 18.3. The predicted octanol–water partition coefficient (Wildman–Crippen LogP) is 6.18. The van der Waals surface area contributed by atoms with Gasteiger partial charge in [-0.1, -0.05) is 35.4 Å². The van der Waals surface area contributed by atoms with Gasteiger partial charge in [-0.3, -0.25) is 40.0 Å². The van der Waals surface area contributed by atoms with Crippen LogP contribution in [0.4, 0.5) is 11.4 Å². The molecule has 0 spiro atoms. The fourth-order valence-electron chi connectivity index (χ4n) is 2.74. The van der Waals surface area contributed by atoms with Crippen molar-refractivity contribution in [3.05, 3.63) is 56.9 Å². The van der Waals surface area contributed by atoms with Gasteiger partial charge in [0, 0.05) is 41.9 Å². The average Bonchev–Trinajstić information content (AvgIpc) is 2.96. The molecule has 2 aromatic rings. The maximum Gasteiger partial charge on any atom is 0.313 e. The first-order valence-electron chi connectivity index (χ1n) is 12.3. The Labute approximate surface area is 256 Å². The van der Waals surface area contributed by atoms with Crippen LogP contribution in [0.25, 0.3) is 0 Å². The van der Waals surface area contributed by atoms with Crippen LogP contribution in [0.3, 0.4) is 0 Å². The van der Waals surface area contributed by atoms with Crippen LogP contribution in [0, 0.1) is 25.6 Å². The lowest BCUT2D eigenvalue weighted by Gasteiger charge is -2.10. The van der Waals surface area contributed by atoms with Gasteiger partial charge in [0.1, 0.15) is 22.4 Å². The largest absolute Gasteiger partial charge is 0.412 e. The summed E-state index contributed by atoms with van der Waals surface area (Å²) in [6.07, 6.45) is 2.76. The van der Waals surface area contributed by atoms with Crippen molar-refractivity contribution in [2.75, 3.05) is 0 Å². The number of aromatic nitrogens is 2. The molecule has 226 valence electrons. The molecule has 0 amide bonds. The minimum absolute atomic E-state index is 0.000861. The normalized spacial score (nSPS) is 12.1. The molecule has 0 aliphatic carbocycles. The number of nitrogens with zero attached hydrogens (tertiary/aromatic N) is 4. The number of carbonyl (C=O) groups excluding carboxylic acids is 3. The van der Waals surface area contributed by atoms with Crippen LogP contribution in [-0.2, 0) is 23.9 Å². The second-order valence-corrected chi connectivity index (χ2v) is 13.8. The number of nitrogens with one attached hydrogen (secondary N) is 1. The fraction of sp³-hybridized carbons (Fsp3) is 0.417. The van der Waals surface area contributed by atoms with E-state index in [9.17, 15) is 34.6 Å². The second-order valence-electron chi connectivity index (χ2n) is 8.52. The van der Waals surface area contributed by atoms with Crippen molar-refractivity contribution in [2.45, 2.75) is 72.9 Å². The summed E-state index contributed by atoms with van der Waals surface area (Å²) in [7, 11) is 5.50. The van der Waals surface area contributed by atoms with Crippen LogP contribution in [0.15, 0.2) is 46.7 Å². The molecule has 0 aliphatic rings. The number of hydrogen-bond acceptors (Lipinski definition) is 16. The van der Waals surface area contributed by atoms with E-state index in [-0.39, 0.29) is 47.6 Å². The first-order valence-corrected chi connectivity index (χ1v) is 16.7. The first-order chi connectivity index (χ1) is 19.9. The quantitative estimate of drug-likeness (QED) is 0.0383. The van der Waals surface area contributed by atoms with E-state index in [1.807, 2.05) is 13.8 Å². The van der Waals surface area contributed by atoms with Crippen molar-refractivity contribution in [1.29, 1.82) is 5.41 Å². The third-order valence-corrected chi connectivity index (χ3v) is 10.7. The molecule has 2 atom stereocenters. The molecule has 14 nitrogen and oxygen atoms in total. The highest BCUT2D eigenvalue weighted by Crippen LogP contribution is 2.36. The van der Waals surface area contributed by atoms with Crippen LogP contribution in [0.2, 0.25) is 0 Å². The molecule has 0 saturated carbocycles. The third kappa shape index (κ3) is 14.1. The van der Waals surface area contributed by atoms with Gasteiger partial charge in [-0.25, -0.2) is 9.97 Å². The summed E-state index contributed by atoms with van der Waals surface area (Å²) in [5.41, 5.74) is -0.200. The smallest absolute Gasteiger partial charge is 0.313 e. The van der Waals surface area contributed by atoms with E-state index in [4.69, 9.17) is 14.9 Å². The highest BCUT2D eigenvalue weighted by atomic mass is 33.1. The zero-order valence-electron chi connectivity index (χ0n) is 22.5. The Morgan fingerprint density at radius 1 is 0.762 bits per heavy atom. The van der Waals surface area contributed by atoms with E-state index in [1.165, 1.54) is 73.8 Å². The number of rotatable bonds is 17. The maximum atomic E-state index is 12.0. The number of nitro groups is 2. The molecule has 0 fully saturated rings. The fourth-order valence-corrected chi connectivity index (χ4v) is 6.88. The van der Waals surface area contributed by atoms with E-state index in [1.54, 1.807) is 6.07 Å². The van der Waals surface area contributed by atoms with E-state index in [0.29, 0.717) is 22.9 Å². The summed E-state index contributed by atoms with van der Waals surface area (Å²) >= 11 is 0. The van der Waals surface area contributed by atoms with Crippen molar-refractivity contribution in [3.63, 3.8) is 0 Å². The van der Waals surface area contributed by atoms with Crippen LogP contribution >= 0.6 is 43.2 Å². The standard InChI is InChI=1S/C24H27N5O9S4/c1-15(39-41-20-8-5-17(13-26-20)28(33)34)3-10-22(30)37-19(25)7-12-24(32)38-23(31)11-4-16(2)40-42-21-9-6-18(14-27-21)29(35)36/h5-6,8-9,13-16,25H,3-4,7,10-12H2,1-2H3. The zero-order chi connectivity index (χ0) is 31.1. The number of pyridine rings is 2. The molecule has 0 aromatic carbocycles. The Bertz CT molecular complexity index is 1170. The highest BCUT2D eigenvalue weighted by molar-refractivity contribution is 8.77. The van der Waals surface area contributed by atoms with Gasteiger partial charge in [0.05, 0.1) is 16.3 Å². The van der Waals surface area contributed by atoms with Gasteiger partial charge in [0.15, 0.2) is 5.90 Å². The monoisotopic (exact) mass is 657 g/mol. The summed E-state index contributed by atoms with van der Waals surface area (Å²) < 4.78 is 9.70. The lowest BCUT2D eigenvalue weighted by Crippen LogP contribution is -2.17. The summed E-state index contributed by atoms with van der Waals surface area (Å²) in [6, 6.07) is 5.80. The van der Waals surface area contributed by atoms with Crippen molar-refractivity contribution >= 4 is 78.4 Å². The van der Waals surface area contributed by atoms with Gasteiger partial charge in [-0.2, -0.15) is 0 Å². The number of carbonyl (C=O) groups is 3. The van der Waals surface area contributed by atoms with Gasteiger partial charge < -0.3 is 9.47 Å². The van der Waals surface area contributed by atoms with Crippen LogP contribution in [-0.4, -0.2) is 54.1 Å². The first kappa shape index (κ1) is 35.0. The summed E-state index contributed by atoms with van der Waals surface area (Å²) in [5, 5.41) is 30.3. The van der Waals surface area contributed by atoms with Crippen molar-refractivity contribution < 1.29 is 33.7 Å². The van der Waals surface area contributed by atoms with Crippen molar-refractivity contribution in [1.82, 2.24) is 9.97 Å². The topological polar surface area (TPSA) is 206 Å². The van der Waals surface area contributed by atoms with Gasteiger partial charge in [-0.05, 0) is 46.6 Å². The minimum Gasteiger partial charge on any atom is -0.412 e. The Kier molecular flexibility index (Phi) is 15.3. The zero-order valence-corrected chi connectivity index (χ0v) is 25.7. The molecule has 2 rings (SSSR count). The Morgan fingerprint density at radius 3 is 1.60 bits per heavy atom. The number of esters is 3. The molecule has 2 aromatic heterocycles. The molecule has 2 heterocycles. The maximum absolute atomic E-state index is 12.0. The number of hydrogen-bond donors (Lipinski definition) is 1. The Morgan fingerprint density at radius 2 is 1.19 bits per heavy atom. The van der Waals surface area contributed by atoms with E-state index in [2.05, 4.69) is 9.97 Å². The van der Waals surface area contributed by atoms with E-state index in [0.717, 1.165) is 0 Å². The van der Waals surface area contributed by atoms with Gasteiger partial charge in [0.2, 0.25) is 0 Å². The molecular weight excluding hydrogens is 631 g/mol. The molecule has 0 bridgehead atoms. The average molecular weight is 658 g/mol. The molecule has 0 radical (unpaired) electrons. The van der Waals surface area contributed by atoms with Crippen LogP contribution < -0.4 is 0 Å². The summed E-state index contributed by atoms with van der Waals surface area (Å²) in [4.78, 5) is 64.3. The molecule has 42 heavy (non-hydrogen) atoms. The molecule has 18 heteroatoms. The summed E-state index contributed by atoms with van der Waals surface area (Å²) in [6.45, 7) is 3.77. The van der Waals surface area contributed by atoms with E-state index >= 15 is 0 Å². The van der Waals surface area contributed by atoms with Gasteiger partial charge in [-0.15, -0.1) is 0 Å². The molecule has 2 unspecified atom stereocenters. The Hall–Kier alpha value is -3.22. The minimum atomic E-state index is -0.826. The van der Waals surface area contributed by atoms with E-state index < -0.39 is 33.7 Å². The van der Waals surface area contributed by atoms with Crippen LogP contribution in [0.1, 0.15) is 52.4 Å². The molecule has 0 saturated heterocycles. The molecular formula is C24H27N5O9S4. The molecule has 1 N–H and O–H groups in total. The Balaban J connectivity index is 1.56. The predicted molar refractivity (Wildman–Crippen MR) is 160 cm³/mol.